The molecule has 1 heterocycles. The van der Waals surface area contributed by atoms with E-state index in [-0.39, 0.29) is 0 Å². The van der Waals surface area contributed by atoms with Crippen molar-refractivity contribution in [3.8, 4) is 0 Å². The van der Waals surface area contributed by atoms with Gasteiger partial charge in [-0.3, -0.25) is 4.98 Å². The number of aromatic nitrogens is 2. The van der Waals surface area contributed by atoms with Crippen molar-refractivity contribution in [2.45, 2.75) is 13.8 Å². The van der Waals surface area contributed by atoms with Crippen LogP contribution in [0.1, 0.15) is 12.6 Å². The normalized spacial score (nSPS) is 12.5. The zero-order chi connectivity index (χ0) is 11.3. The third-order valence-corrected chi connectivity index (χ3v) is 2.35. The summed E-state index contributed by atoms with van der Waals surface area (Å²) in [7, 11) is 4.03. The molecule has 0 amide bonds. The number of hydrogen-bond acceptors (Lipinski definition) is 4. The molecule has 1 aromatic rings. The molecular weight excluding hydrogens is 188 g/mol. The maximum atomic E-state index is 4.33. The van der Waals surface area contributed by atoms with Crippen molar-refractivity contribution >= 4 is 5.82 Å². The lowest BCUT2D eigenvalue weighted by Gasteiger charge is -2.23. The molecule has 0 saturated heterocycles. The summed E-state index contributed by atoms with van der Waals surface area (Å²) in [4.78, 5) is 10.7. The van der Waals surface area contributed by atoms with E-state index in [1.165, 1.54) is 0 Å². The molecular formula is C11H20N4. The molecule has 0 spiro atoms. The van der Waals surface area contributed by atoms with Gasteiger partial charge in [0.25, 0.3) is 0 Å². The Bertz CT molecular complexity index is 300. The summed E-state index contributed by atoms with van der Waals surface area (Å²) >= 11 is 0. The first-order chi connectivity index (χ1) is 7.15. The fourth-order valence-corrected chi connectivity index (χ4v) is 1.74. The molecule has 1 unspecified atom stereocenters. The molecule has 84 valence electrons. The van der Waals surface area contributed by atoms with Crippen LogP contribution in [0, 0.1) is 12.8 Å². The summed E-state index contributed by atoms with van der Waals surface area (Å²) in [6, 6.07) is 0. The number of aryl methyl sites for hydroxylation is 1. The number of hydrogen-bond donors (Lipinski definition) is 1. The molecule has 1 atom stereocenters. The zero-order valence-electron chi connectivity index (χ0n) is 9.99. The molecule has 1 N–H and O–H groups in total. The van der Waals surface area contributed by atoms with Crippen LogP contribution in [0.5, 0.6) is 0 Å². The maximum absolute atomic E-state index is 4.33. The summed E-state index contributed by atoms with van der Waals surface area (Å²) in [6.07, 6.45) is 3.46. The van der Waals surface area contributed by atoms with E-state index in [1.807, 2.05) is 14.0 Å². The average Bonchev–Trinajstić information content (AvgIpc) is 2.18. The van der Waals surface area contributed by atoms with Crippen LogP contribution >= 0.6 is 0 Å². The van der Waals surface area contributed by atoms with Gasteiger partial charge in [0.2, 0.25) is 0 Å². The zero-order valence-corrected chi connectivity index (χ0v) is 9.99. The minimum atomic E-state index is 0.599. The van der Waals surface area contributed by atoms with Crippen LogP contribution in [0.4, 0.5) is 5.82 Å². The molecule has 4 nitrogen and oxygen atoms in total. The number of anilines is 1. The van der Waals surface area contributed by atoms with Crippen LogP contribution in [-0.4, -0.2) is 37.2 Å². The van der Waals surface area contributed by atoms with Crippen LogP contribution in [0.3, 0.4) is 0 Å². The molecule has 0 aromatic carbocycles. The van der Waals surface area contributed by atoms with Gasteiger partial charge in [0, 0.05) is 26.0 Å². The van der Waals surface area contributed by atoms with Gasteiger partial charge in [-0.1, -0.05) is 6.92 Å². The van der Waals surface area contributed by atoms with Crippen molar-refractivity contribution < 1.29 is 0 Å². The largest absolute Gasteiger partial charge is 0.358 e. The predicted octanol–water partition coefficient (Wildman–Crippen LogP) is 1.08. The standard InChI is InChI=1S/C11H20N4/c1-9(7-12-3)8-15(4)11-10(2)13-5-6-14-11/h5-6,9,12H,7-8H2,1-4H3. The minimum absolute atomic E-state index is 0.599. The third-order valence-electron chi connectivity index (χ3n) is 2.35. The van der Waals surface area contributed by atoms with Crippen LogP contribution in [-0.2, 0) is 0 Å². The second kappa shape index (κ2) is 5.66. The summed E-state index contributed by atoms with van der Waals surface area (Å²) in [5, 5.41) is 3.18. The predicted molar refractivity (Wildman–Crippen MR) is 63.1 cm³/mol. The molecule has 0 saturated carbocycles. The lowest BCUT2D eigenvalue weighted by Crippen LogP contribution is -2.30. The van der Waals surface area contributed by atoms with E-state index in [4.69, 9.17) is 0 Å². The summed E-state index contributed by atoms with van der Waals surface area (Å²) in [6.45, 7) is 6.21. The highest BCUT2D eigenvalue weighted by Gasteiger charge is 2.09. The van der Waals surface area contributed by atoms with Crippen LogP contribution in [0.25, 0.3) is 0 Å². The average molecular weight is 208 g/mol. The fraction of sp³-hybridized carbons (Fsp3) is 0.636. The van der Waals surface area contributed by atoms with Crippen molar-refractivity contribution in [1.82, 2.24) is 15.3 Å². The Kier molecular flexibility index (Phi) is 4.49. The second-order valence-corrected chi connectivity index (χ2v) is 4.01. The summed E-state index contributed by atoms with van der Waals surface area (Å²) < 4.78 is 0. The molecule has 15 heavy (non-hydrogen) atoms. The van der Waals surface area contributed by atoms with Crippen molar-refractivity contribution in [2.75, 3.05) is 32.1 Å². The second-order valence-electron chi connectivity index (χ2n) is 4.01. The van der Waals surface area contributed by atoms with E-state index in [0.29, 0.717) is 5.92 Å². The van der Waals surface area contributed by atoms with Gasteiger partial charge < -0.3 is 10.2 Å². The van der Waals surface area contributed by atoms with Gasteiger partial charge in [0.05, 0.1) is 5.69 Å². The molecule has 4 heteroatoms. The van der Waals surface area contributed by atoms with Crippen molar-refractivity contribution in [3.05, 3.63) is 18.1 Å². The highest BCUT2D eigenvalue weighted by Crippen LogP contribution is 2.12. The number of nitrogens with zero attached hydrogens (tertiary/aromatic N) is 3. The quantitative estimate of drug-likeness (QED) is 0.786. The van der Waals surface area contributed by atoms with Crippen LogP contribution in [0.15, 0.2) is 12.4 Å². The summed E-state index contributed by atoms with van der Waals surface area (Å²) in [5.41, 5.74) is 0.983. The first-order valence-electron chi connectivity index (χ1n) is 5.28. The van der Waals surface area contributed by atoms with E-state index >= 15 is 0 Å². The fourth-order valence-electron chi connectivity index (χ4n) is 1.74. The monoisotopic (exact) mass is 208 g/mol. The molecule has 0 radical (unpaired) electrons. The van der Waals surface area contributed by atoms with E-state index in [2.05, 4.69) is 34.2 Å². The third kappa shape index (κ3) is 3.47. The van der Waals surface area contributed by atoms with Crippen LogP contribution < -0.4 is 10.2 Å². The molecule has 1 rings (SSSR count). The van der Waals surface area contributed by atoms with E-state index < -0.39 is 0 Å². The molecule has 0 bridgehead atoms. The van der Waals surface area contributed by atoms with Gasteiger partial charge >= 0.3 is 0 Å². The topological polar surface area (TPSA) is 41.0 Å². The van der Waals surface area contributed by atoms with E-state index in [0.717, 1.165) is 24.6 Å². The van der Waals surface area contributed by atoms with E-state index in [9.17, 15) is 0 Å². The SMILES string of the molecule is CNCC(C)CN(C)c1nccnc1C. The molecule has 0 aliphatic rings. The lowest BCUT2D eigenvalue weighted by atomic mass is 10.1. The Labute approximate surface area is 91.7 Å². The molecule has 1 aromatic heterocycles. The molecule has 0 fully saturated rings. The first kappa shape index (κ1) is 11.9. The molecule has 0 aliphatic carbocycles. The van der Waals surface area contributed by atoms with Crippen LogP contribution in [0.2, 0.25) is 0 Å². The van der Waals surface area contributed by atoms with Crippen molar-refractivity contribution in [2.24, 2.45) is 5.92 Å². The van der Waals surface area contributed by atoms with E-state index in [1.54, 1.807) is 12.4 Å². The number of nitrogens with one attached hydrogen (secondary N) is 1. The lowest BCUT2D eigenvalue weighted by molar-refractivity contribution is 0.540. The smallest absolute Gasteiger partial charge is 0.149 e. The Hall–Kier alpha value is -1.16. The van der Waals surface area contributed by atoms with Gasteiger partial charge in [-0.2, -0.15) is 0 Å². The van der Waals surface area contributed by atoms with Crippen molar-refractivity contribution in [1.29, 1.82) is 0 Å². The Morgan fingerprint density at radius 3 is 2.67 bits per heavy atom. The maximum Gasteiger partial charge on any atom is 0.149 e. The summed E-state index contributed by atoms with van der Waals surface area (Å²) in [5.74, 6) is 1.57. The highest BCUT2D eigenvalue weighted by atomic mass is 15.2. The minimum Gasteiger partial charge on any atom is -0.358 e. The van der Waals surface area contributed by atoms with Gasteiger partial charge in [0.15, 0.2) is 0 Å². The first-order valence-corrected chi connectivity index (χ1v) is 5.28. The molecule has 0 aliphatic heterocycles. The Morgan fingerprint density at radius 1 is 1.40 bits per heavy atom. The highest BCUT2D eigenvalue weighted by molar-refractivity contribution is 5.41. The van der Waals surface area contributed by atoms with Gasteiger partial charge in [-0.15, -0.1) is 0 Å². The Morgan fingerprint density at radius 2 is 2.07 bits per heavy atom. The van der Waals surface area contributed by atoms with Gasteiger partial charge in [-0.05, 0) is 26.4 Å². The van der Waals surface area contributed by atoms with Gasteiger partial charge in [-0.25, -0.2) is 4.98 Å². The van der Waals surface area contributed by atoms with Crippen molar-refractivity contribution in [3.63, 3.8) is 0 Å². The Balaban J connectivity index is 2.61. The number of rotatable bonds is 5. The van der Waals surface area contributed by atoms with Gasteiger partial charge in [0.1, 0.15) is 5.82 Å².